The van der Waals surface area contributed by atoms with Crippen LogP contribution >= 0.6 is 0 Å². The molecule has 110 valence electrons. The number of carbonyl (C=O) groups is 1. The Morgan fingerprint density at radius 2 is 1.77 bits per heavy atom. The highest BCUT2D eigenvalue weighted by Gasteiger charge is 2.06. The van der Waals surface area contributed by atoms with E-state index in [-0.39, 0.29) is 6.54 Å². The summed E-state index contributed by atoms with van der Waals surface area (Å²) in [6.45, 7) is -0.0662. The fourth-order valence-corrected chi connectivity index (χ4v) is 1.89. The molecule has 3 aromatic rings. The Bertz CT molecular complexity index is 810. The van der Waals surface area contributed by atoms with Gasteiger partial charge in [0.1, 0.15) is 23.4 Å². The third kappa shape index (κ3) is 3.14. The SMILES string of the molecule is O=C(Cn1nc2ccccc2n1)NN=Cc1ccccc1F. The van der Waals surface area contributed by atoms with Crippen LogP contribution in [0.2, 0.25) is 0 Å². The minimum atomic E-state index is -0.402. The molecule has 0 aliphatic carbocycles. The largest absolute Gasteiger partial charge is 0.271 e. The van der Waals surface area contributed by atoms with Crippen molar-refractivity contribution >= 4 is 23.2 Å². The zero-order chi connectivity index (χ0) is 15.4. The third-order valence-electron chi connectivity index (χ3n) is 2.91. The molecule has 1 aromatic heterocycles. The maximum atomic E-state index is 13.4. The van der Waals surface area contributed by atoms with Crippen LogP contribution in [0.3, 0.4) is 0 Å². The lowest BCUT2D eigenvalue weighted by Crippen LogP contribution is -2.24. The molecule has 0 radical (unpaired) electrons. The minimum Gasteiger partial charge on any atom is -0.271 e. The summed E-state index contributed by atoms with van der Waals surface area (Å²) in [6.07, 6.45) is 1.25. The fourth-order valence-electron chi connectivity index (χ4n) is 1.89. The second-order valence-corrected chi connectivity index (χ2v) is 4.53. The molecule has 0 bridgehead atoms. The van der Waals surface area contributed by atoms with Crippen molar-refractivity contribution < 1.29 is 9.18 Å². The first-order valence-corrected chi connectivity index (χ1v) is 6.59. The summed E-state index contributed by atoms with van der Waals surface area (Å²) in [6, 6.07) is 13.5. The molecule has 2 aromatic carbocycles. The molecule has 1 heterocycles. The van der Waals surface area contributed by atoms with Crippen molar-refractivity contribution in [2.75, 3.05) is 0 Å². The number of benzene rings is 2. The number of amides is 1. The number of aromatic nitrogens is 3. The first kappa shape index (κ1) is 13.9. The van der Waals surface area contributed by atoms with Crippen LogP contribution in [0.25, 0.3) is 11.0 Å². The van der Waals surface area contributed by atoms with Crippen molar-refractivity contribution in [3.63, 3.8) is 0 Å². The Balaban J connectivity index is 1.62. The zero-order valence-corrected chi connectivity index (χ0v) is 11.5. The highest BCUT2D eigenvalue weighted by molar-refractivity contribution is 5.82. The molecule has 0 fully saturated rings. The Hall–Kier alpha value is -3.09. The van der Waals surface area contributed by atoms with Crippen molar-refractivity contribution in [2.24, 2.45) is 5.10 Å². The van der Waals surface area contributed by atoms with Crippen LogP contribution in [0.15, 0.2) is 53.6 Å². The Morgan fingerprint density at radius 1 is 1.14 bits per heavy atom. The van der Waals surface area contributed by atoms with Gasteiger partial charge in [0, 0.05) is 5.56 Å². The molecule has 1 amide bonds. The summed E-state index contributed by atoms with van der Waals surface area (Å²) < 4.78 is 13.4. The van der Waals surface area contributed by atoms with Crippen LogP contribution in [-0.4, -0.2) is 27.1 Å². The van der Waals surface area contributed by atoms with Gasteiger partial charge in [-0.1, -0.05) is 30.3 Å². The van der Waals surface area contributed by atoms with Gasteiger partial charge in [-0.15, -0.1) is 0 Å². The lowest BCUT2D eigenvalue weighted by Gasteiger charge is -1.99. The molecule has 1 N–H and O–H groups in total. The lowest BCUT2D eigenvalue weighted by atomic mass is 10.2. The summed E-state index contributed by atoms with van der Waals surface area (Å²) in [7, 11) is 0. The molecule has 3 rings (SSSR count). The van der Waals surface area contributed by atoms with Crippen molar-refractivity contribution in [1.29, 1.82) is 0 Å². The van der Waals surface area contributed by atoms with Crippen LogP contribution in [0.4, 0.5) is 4.39 Å². The van der Waals surface area contributed by atoms with Gasteiger partial charge < -0.3 is 0 Å². The second kappa shape index (κ2) is 6.13. The number of halogens is 1. The molecule has 0 aliphatic heterocycles. The Morgan fingerprint density at radius 3 is 2.45 bits per heavy atom. The molecule has 6 nitrogen and oxygen atoms in total. The van der Waals surface area contributed by atoms with Gasteiger partial charge >= 0.3 is 0 Å². The van der Waals surface area contributed by atoms with E-state index in [0.717, 1.165) is 0 Å². The van der Waals surface area contributed by atoms with E-state index in [1.807, 2.05) is 24.3 Å². The third-order valence-corrected chi connectivity index (χ3v) is 2.91. The Labute approximate surface area is 125 Å². The van der Waals surface area contributed by atoms with E-state index in [2.05, 4.69) is 20.7 Å². The van der Waals surface area contributed by atoms with Crippen molar-refractivity contribution in [1.82, 2.24) is 20.4 Å². The molecule has 0 spiro atoms. The van der Waals surface area contributed by atoms with Gasteiger partial charge in [-0.2, -0.15) is 20.1 Å². The topological polar surface area (TPSA) is 72.2 Å². The lowest BCUT2D eigenvalue weighted by molar-refractivity contribution is -0.122. The van der Waals surface area contributed by atoms with E-state index in [9.17, 15) is 9.18 Å². The predicted molar refractivity (Wildman–Crippen MR) is 79.7 cm³/mol. The van der Waals surface area contributed by atoms with Crippen LogP contribution in [0.1, 0.15) is 5.56 Å². The number of hydrogen-bond donors (Lipinski definition) is 1. The maximum absolute atomic E-state index is 13.4. The first-order chi connectivity index (χ1) is 10.7. The van der Waals surface area contributed by atoms with Crippen molar-refractivity contribution in [3.05, 3.63) is 59.9 Å². The fraction of sp³-hybridized carbons (Fsp3) is 0.0667. The van der Waals surface area contributed by atoms with Crippen molar-refractivity contribution in [3.8, 4) is 0 Å². The van der Waals surface area contributed by atoms with Gasteiger partial charge in [0.2, 0.25) is 0 Å². The number of hydrazone groups is 1. The number of hydrogen-bond acceptors (Lipinski definition) is 4. The second-order valence-electron chi connectivity index (χ2n) is 4.53. The first-order valence-electron chi connectivity index (χ1n) is 6.59. The summed E-state index contributed by atoms with van der Waals surface area (Å²) in [5.74, 6) is -0.798. The van der Waals surface area contributed by atoms with E-state index >= 15 is 0 Å². The maximum Gasteiger partial charge on any atom is 0.263 e. The van der Waals surface area contributed by atoms with E-state index < -0.39 is 11.7 Å². The summed E-state index contributed by atoms with van der Waals surface area (Å²) >= 11 is 0. The predicted octanol–water partition coefficient (Wildman–Crippen LogP) is 1.72. The quantitative estimate of drug-likeness (QED) is 0.588. The van der Waals surface area contributed by atoms with E-state index in [4.69, 9.17) is 0 Å². The average molecular weight is 297 g/mol. The summed E-state index contributed by atoms with van der Waals surface area (Å²) in [5.41, 5.74) is 4.04. The number of carbonyl (C=O) groups excluding carboxylic acids is 1. The van der Waals surface area contributed by atoms with E-state index in [0.29, 0.717) is 16.6 Å². The molecule has 0 saturated heterocycles. The molecular formula is C15H12FN5O. The van der Waals surface area contributed by atoms with Gasteiger partial charge in [-0.3, -0.25) is 4.79 Å². The van der Waals surface area contributed by atoms with Gasteiger partial charge in [0.25, 0.3) is 5.91 Å². The standard InChI is InChI=1S/C15H12FN5O/c16-12-6-2-1-5-11(12)9-17-18-15(22)10-21-19-13-7-3-4-8-14(13)20-21/h1-9H,10H2,(H,18,22). The van der Waals surface area contributed by atoms with Gasteiger partial charge in [-0.25, -0.2) is 9.82 Å². The van der Waals surface area contributed by atoms with Gasteiger partial charge in [0.15, 0.2) is 0 Å². The van der Waals surface area contributed by atoms with Crippen molar-refractivity contribution in [2.45, 2.75) is 6.54 Å². The molecular weight excluding hydrogens is 285 g/mol. The molecule has 0 aliphatic rings. The number of fused-ring (bicyclic) bond motifs is 1. The monoisotopic (exact) mass is 297 g/mol. The van der Waals surface area contributed by atoms with Gasteiger partial charge in [-0.05, 0) is 18.2 Å². The number of nitrogens with one attached hydrogen (secondary N) is 1. The molecule has 22 heavy (non-hydrogen) atoms. The molecule has 0 atom stereocenters. The summed E-state index contributed by atoms with van der Waals surface area (Å²) in [5, 5.41) is 12.1. The summed E-state index contributed by atoms with van der Waals surface area (Å²) in [4.78, 5) is 13.0. The minimum absolute atomic E-state index is 0.0662. The van der Waals surface area contributed by atoms with Crippen LogP contribution < -0.4 is 5.43 Å². The molecule has 7 heteroatoms. The van der Waals surface area contributed by atoms with E-state index in [1.165, 1.54) is 17.1 Å². The zero-order valence-electron chi connectivity index (χ0n) is 11.5. The van der Waals surface area contributed by atoms with Crippen LogP contribution in [0, 0.1) is 5.82 Å². The Kier molecular flexibility index (Phi) is 3.86. The number of rotatable bonds is 4. The smallest absolute Gasteiger partial charge is 0.263 e. The highest BCUT2D eigenvalue weighted by atomic mass is 19.1. The highest BCUT2D eigenvalue weighted by Crippen LogP contribution is 2.06. The van der Waals surface area contributed by atoms with E-state index in [1.54, 1.807) is 18.2 Å². The normalized spacial score (nSPS) is 11.1. The molecule has 0 saturated carbocycles. The molecule has 0 unspecified atom stereocenters. The number of nitrogens with zero attached hydrogens (tertiary/aromatic N) is 4. The van der Waals surface area contributed by atoms with Crippen LogP contribution in [-0.2, 0) is 11.3 Å². The average Bonchev–Trinajstić information content (AvgIpc) is 2.91. The van der Waals surface area contributed by atoms with Gasteiger partial charge in [0.05, 0.1) is 6.21 Å². The van der Waals surface area contributed by atoms with Crippen LogP contribution in [0.5, 0.6) is 0 Å².